The van der Waals surface area contributed by atoms with Crippen molar-refractivity contribution >= 4 is 81.5 Å². The van der Waals surface area contributed by atoms with Crippen LogP contribution in [0.3, 0.4) is 0 Å². The van der Waals surface area contributed by atoms with Gasteiger partial charge >= 0.3 is 12.1 Å². The molecule has 0 aliphatic carbocycles. The Labute approximate surface area is 383 Å². The Morgan fingerprint density at radius 1 is 0.875 bits per heavy atom. The van der Waals surface area contributed by atoms with E-state index in [9.17, 15) is 32.0 Å². The first-order valence-electron chi connectivity index (χ1n) is 19.8. The maximum atomic E-state index is 14.1. The van der Waals surface area contributed by atoms with Crippen molar-refractivity contribution in [2.24, 2.45) is 17.4 Å². The van der Waals surface area contributed by atoms with Crippen LogP contribution in [0.5, 0.6) is 5.75 Å². The predicted octanol–water partition coefficient (Wildman–Crippen LogP) is 6.29. The molecule has 64 heavy (non-hydrogen) atoms. The summed E-state index contributed by atoms with van der Waals surface area (Å²) in [6.45, 7) is 6.89. The number of nitrogens with two attached hydrogens (primary N) is 2. The van der Waals surface area contributed by atoms with E-state index >= 15 is 0 Å². The average molecular weight is 948 g/mol. The van der Waals surface area contributed by atoms with Crippen LogP contribution < -0.4 is 31.7 Å². The lowest BCUT2D eigenvalue weighted by Gasteiger charge is -2.26. The minimum atomic E-state index is -3.69. The number of aromatic nitrogens is 3. The number of nitrogens with one attached hydrogen (secondary N) is 2. The summed E-state index contributed by atoms with van der Waals surface area (Å²) in [7, 11) is -2.40. The minimum Gasteiger partial charge on any atom is -0.495 e. The molecule has 5 aromatic rings. The molecule has 3 amide bonds. The molecule has 0 saturated carbocycles. The van der Waals surface area contributed by atoms with Crippen LogP contribution in [0.2, 0.25) is 0 Å². The third-order valence-corrected chi connectivity index (χ3v) is 11.0. The number of hydrogen-bond acceptors (Lipinski definition) is 13. The van der Waals surface area contributed by atoms with Gasteiger partial charge in [0.15, 0.2) is 15.5 Å². The number of esters is 1. The Hall–Kier alpha value is -5.86. The van der Waals surface area contributed by atoms with Gasteiger partial charge in [-0.3, -0.25) is 9.59 Å². The molecule has 2 heterocycles. The van der Waals surface area contributed by atoms with Crippen molar-refractivity contribution in [3.63, 3.8) is 0 Å². The maximum absolute atomic E-state index is 14.1. The summed E-state index contributed by atoms with van der Waals surface area (Å²) in [5.41, 5.74) is 14.5. The van der Waals surface area contributed by atoms with Crippen LogP contribution in [0.4, 0.5) is 26.5 Å². The number of sulfone groups is 1. The van der Waals surface area contributed by atoms with Crippen LogP contribution in [0.1, 0.15) is 58.4 Å². The molecule has 17 nitrogen and oxygen atoms in total. The molecule has 0 aliphatic rings. The topological polar surface area (TPSA) is 240 Å². The van der Waals surface area contributed by atoms with Gasteiger partial charge in [-0.05, 0) is 91.9 Å². The second kappa shape index (κ2) is 23.2. The Kier molecular flexibility index (Phi) is 19.0. The number of methoxy groups -OCH3 is 1. The van der Waals surface area contributed by atoms with Crippen molar-refractivity contribution < 1.29 is 46.2 Å². The van der Waals surface area contributed by atoms with Crippen LogP contribution in [0, 0.1) is 11.7 Å². The fourth-order valence-electron chi connectivity index (χ4n) is 6.25. The van der Waals surface area contributed by atoms with E-state index in [1.54, 1.807) is 75.5 Å². The number of rotatable bonds is 18. The van der Waals surface area contributed by atoms with E-state index in [0.29, 0.717) is 48.3 Å². The van der Waals surface area contributed by atoms with Crippen LogP contribution in [0.15, 0.2) is 90.0 Å². The SMILES string of the molecule is COc1cc(S(C)(=O)=O)ccc1N(C(=O)OC(C)OC(=O)[C@@H](NC(=O)[C@@H](N)CCCCN)C(C)C)c1nc2ccc(-c3ccc(NC(=O)[C@H](C)c4ccc(F)cc4)cc3)cn2n1.Cl.Cl. The van der Waals surface area contributed by atoms with Gasteiger partial charge in [-0.25, -0.2) is 31.8 Å². The Morgan fingerprint density at radius 3 is 2.14 bits per heavy atom. The smallest absolute Gasteiger partial charge is 0.424 e. The van der Waals surface area contributed by atoms with E-state index in [4.69, 9.17) is 25.7 Å². The zero-order valence-corrected chi connectivity index (χ0v) is 38.5. The van der Waals surface area contributed by atoms with Crippen molar-refractivity contribution in [2.45, 2.75) is 76.1 Å². The number of ether oxygens (including phenoxy) is 3. The highest BCUT2D eigenvalue weighted by Gasteiger charge is 2.33. The molecule has 346 valence electrons. The van der Waals surface area contributed by atoms with Gasteiger partial charge in [0.25, 0.3) is 5.95 Å². The maximum Gasteiger partial charge on any atom is 0.424 e. The van der Waals surface area contributed by atoms with Gasteiger partial charge in [-0.2, -0.15) is 4.98 Å². The average Bonchev–Trinajstić information content (AvgIpc) is 3.65. The fraction of sp³-hybridized carbons (Fsp3) is 0.349. The molecule has 0 bridgehead atoms. The summed E-state index contributed by atoms with van der Waals surface area (Å²) in [5.74, 6) is -3.27. The molecule has 1 unspecified atom stereocenters. The molecule has 21 heteroatoms. The number of halogens is 3. The van der Waals surface area contributed by atoms with E-state index < -0.39 is 58.0 Å². The highest BCUT2D eigenvalue weighted by Crippen LogP contribution is 2.36. The van der Waals surface area contributed by atoms with Gasteiger partial charge in [0.1, 0.15) is 17.6 Å². The molecule has 0 saturated heterocycles. The summed E-state index contributed by atoms with van der Waals surface area (Å²) >= 11 is 0. The monoisotopic (exact) mass is 946 g/mol. The number of carbonyl (C=O) groups is 4. The summed E-state index contributed by atoms with van der Waals surface area (Å²) in [4.78, 5) is 58.5. The molecule has 0 spiro atoms. The molecule has 2 aromatic heterocycles. The lowest BCUT2D eigenvalue weighted by Crippen LogP contribution is -2.51. The highest BCUT2D eigenvalue weighted by molar-refractivity contribution is 7.90. The quantitative estimate of drug-likeness (QED) is 0.0429. The van der Waals surface area contributed by atoms with Gasteiger partial charge in [-0.15, -0.1) is 29.9 Å². The number of carbonyl (C=O) groups excluding carboxylic acids is 4. The number of benzene rings is 3. The van der Waals surface area contributed by atoms with Crippen molar-refractivity contribution in [3.05, 3.63) is 96.4 Å². The van der Waals surface area contributed by atoms with E-state index in [1.165, 1.54) is 48.9 Å². The summed E-state index contributed by atoms with van der Waals surface area (Å²) in [6.07, 6.45) is 1.76. The molecule has 6 N–H and O–H groups in total. The number of fused-ring (bicyclic) bond motifs is 1. The van der Waals surface area contributed by atoms with Crippen LogP contribution in [-0.4, -0.2) is 85.2 Å². The standard InChI is InChI=1S/C43H51FN8O9S.2ClH/c1-25(2)38(49-40(54)34(46)9-7-8-22-45)41(55)60-27(4)61-43(56)52(35-20-19-33(62(6,57)58)23-36(35)59-5)42-48-37-21-14-30(24-51(37)50-42)29-12-17-32(18-13-29)47-39(53)26(3)28-10-15-31(44)16-11-28;;/h10-21,23-27,34,38H,7-9,22,45-46H2,1-6H3,(H,47,53)(H,49,54);2*1H/t26-,27?,34+,38+;;/m1../s1. The van der Waals surface area contributed by atoms with Crippen molar-refractivity contribution in [1.82, 2.24) is 19.9 Å². The molecule has 0 fully saturated rings. The summed E-state index contributed by atoms with van der Waals surface area (Å²) in [5, 5.41) is 10.1. The molecule has 0 radical (unpaired) electrons. The number of anilines is 3. The molecule has 0 aliphatic heterocycles. The second-order valence-corrected chi connectivity index (χ2v) is 16.9. The number of amides is 3. The van der Waals surface area contributed by atoms with Gasteiger partial charge in [0, 0.05) is 36.7 Å². The molecule has 5 rings (SSSR count). The highest BCUT2D eigenvalue weighted by atomic mass is 35.5. The van der Waals surface area contributed by atoms with Gasteiger partial charge in [0.05, 0.1) is 29.7 Å². The van der Waals surface area contributed by atoms with Crippen LogP contribution in [0.25, 0.3) is 16.8 Å². The molecule has 4 atom stereocenters. The van der Waals surface area contributed by atoms with Crippen molar-refractivity contribution in [1.29, 1.82) is 0 Å². The number of nitrogens with zero attached hydrogens (tertiary/aromatic N) is 4. The Bertz CT molecular complexity index is 2510. The lowest BCUT2D eigenvalue weighted by molar-refractivity contribution is -0.169. The molecule has 3 aromatic carbocycles. The predicted molar refractivity (Wildman–Crippen MR) is 244 cm³/mol. The van der Waals surface area contributed by atoms with Crippen molar-refractivity contribution in [2.75, 3.05) is 30.1 Å². The fourth-order valence-corrected chi connectivity index (χ4v) is 6.89. The first-order chi connectivity index (χ1) is 29.4. The first-order valence-corrected chi connectivity index (χ1v) is 21.7. The van der Waals surface area contributed by atoms with E-state index in [1.807, 2.05) is 0 Å². The van der Waals surface area contributed by atoms with Gasteiger partial charge in [0.2, 0.25) is 18.1 Å². The third kappa shape index (κ3) is 13.3. The lowest BCUT2D eigenvalue weighted by atomic mass is 10.00. The van der Waals surface area contributed by atoms with E-state index in [0.717, 1.165) is 16.7 Å². The minimum absolute atomic E-state index is 0. The Balaban J connectivity index is 0.00000544. The van der Waals surface area contributed by atoms with Crippen molar-refractivity contribution in [3.8, 4) is 16.9 Å². The van der Waals surface area contributed by atoms with Crippen LogP contribution >= 0.6 is 24.8 Å². The zero-order chi connectivity index (χ0) is 45.3. The molecular weight excluding hydrogens is 894 g/mol. The third-order valence-electron chi connectivity index (χ3n) is 9.84. The van der Waals surface area contributed by atoms with E-state index in [-0.39, 0.29) is 58.8 Å². The summed E-state index contributed by atoms with van der Waals surface area (Å²) in [6, 6.07) is 18.1. The van der Waals surface area contributed by atoms with E-state index in [2.05, 4.69) is 20.7 Å². The number of hydrogen-bond donors (Lipinski definition) is 4. The number of pyridine rings is 1. The largest absolute Gasteiger partial charge is 0.495 e. The normalized spacial score (nSPS) is 13.0. The zero-order valence-electron chi connectivity index (χ0n) is 36.0. The first kappa shape index (κ1) is 52.5. The van der Waals surface area contributed by atoms with Crippen LogP contribution in [-0.2, 0) is 33.7 Å². The van der Waals surface area contributed by atoms with Gasteiger partial charge in [-0.1, -0.05) is 44.5 Å². The van der Waals surface area contributed by atoms with Gasteiger partial charge < -0.3 is 36.3 Å². The Morgan fingerprint density at radius 2 is 1.53 bits per heavy atom. The number of unbranched alkanes of at least 4 members (excludes halogenated alkanes) is 1. The molecular formula is C43H53Cl2FN8O9S. The summed E-state index contributed by atoms with van der Waals surface area (Å²) < 4.78 is 56.2. The second-order valence-electron chi connectivity index (χ2n) is 14.9.